The molecular weight excluding hydrogens is 512 g/mol. The number of rotatable bonds is 5. The van der Waals surface area contributed by atoms with Crippen LogP contribution in [0.5, 0.6) is 0 Å². The lowest BCUT2D eigenvalue weighted by Crippen LogP contribution is -2.42. The molecule has 2 fully saturated rings. The number of nitrogens with one attached hydrogen (secondary N) is 2. The van der Waals surface area contributed by atoms with Gasteiger partial charge in [-0.15, -0.1) is 24.0 Å². The summed E-state index contributed by atoms with van der Waals surface area (Å²) in [6.07, 6.45) is -2.25. The number of amides is 1. The van der Waals surface area contributed by atoms with E-state index in [1.807, 2.05) is 6.92 Å². The van der Waals surface area contributed by atoms with Gasteiger partial charge in [0.1, 0.15) is 0 Å². The van der Waals surface area contributed by atoms with E-state index in [-0.39, 0.29) is 35.0 Å². The summed E-state index contributed by atoms with van der Waals surface area (Å²) in [5.74, 6) is 0.405. The molecule has 2 N–H and O–H groups in total. The van der Waals surface area contributed by atoms with Gasteiger partial charge in [0.05, 0.1) is 18.7 Å². The molecule has 2 aliphatic heterocycles. The SMILES string of the molecule is CCNC(=NCCNC(=O)c1ccc(C(F)(F)F)cc1)N1CCC2(CCOC2)C1.I. The summed E-state index contributed by atoms with van der Waals surface area (Å²) in [7, 11) is 0. The summed E-state index contributed by atoms with van der Waals surface area (Å²) < 4.78 is 43.4. The lowest BCUT2D eigenvalue weighted by Gasteiger charge is -2.25. The first kappa shape index (κ1) is 24.7. The van der Waals surface area contributed by atoms with Crippen molar-refractivity contribution >= 4 is 35.8 Å². The van der Waals surface area contributed by atoms with Crippen LogP contribution in [0.25, 0.3) is 0 Å². The van der Waals surface area contributed by atoms with Crippen molar-refractivity contribution in [1.29, 1.82) is 0 Å². The summed E-state index contributed by atoms with van der Waals surface area (Å²) in [4.78, 5) is 18.9. The number of ether oxygens (including phenoxy) is 1. The van der Waals surface area contributed by atoms with Gasteiger partial charge in [0, 0.05) is 43.8 Å². The zero-order valence-corrected chi connectivity index (χ0v) is 19.3. The van der Waals surface area contributed by atoms with E-state index >= 15 is 0 Å². The molecule has 1 spiro atoms. The summed E-state index contributed by atoms with van der Waals surface area (Å²) in [6.45, 7) is 6.89. The molecular formula is C20H28F3IN4O2. The molecule has 30 heavy (non-hydrogen) atoms. The highest BCUT2D eigenvalue weighted by molar-refractivity contribution is 14.0. The van der Waals surface area contributed by atoms with Gasteiger partial charge >= 0.3 is 6.18 Å². The van der Waals surface area contributed by atoms with Crippen molar-refractivity contribution in [2.24, 2.45) is 10.4 Å². The molecule has 0 radical (unpaired) electrons. The number of benzene rings is 1. The maximum absolute atomic E-state index is 12.6. The van der Waals surface area contributed by atoms with Crippen LogP contribution < -0.4 is 10.6 Å². The van der Waals surface area contributed by atoms with Crippen molar-refractivity contribution < 1.29 is 22.7 Å². The van der Waals surface area contributed by atoms with Gasteiger partial charge in [0.15, 0.2) is 5.96 Å². The Kier molecular flexibility index (Phi) is 8.77. The van der Waals surface area contributed by atoms with Gasteiger partial charge in [0.2, 0.25) is 0 Å². The lowest BCUT2D eigenvalue weighted by atomic mass is 9.87. The Morgan fingerprint density at radius 3 is 2.57 bits per heavy atom. The number of hydrogen-bond donors (Lipinski definition) is 2. The summed E-state index contributed by atoms with van der Waals surface area (Å²) in [5, 5.41) is 5.99. The molecule has 168 valence electrons. The van der Waals surface area contributed by atoms with Crippen LogP contribution in [0, 0.1) is 5.41 Å². The fourth-order valence-electron chi connectivity index (χ4n) is 3.76. The van der Waals surface area contributed by atoms with Crippen LogP contribution in [0.4, 0.5) is 13.2 Å². The molecule has 6 nitrogen and oxygen atoms in total. The zero-order valence-electron chi connectivity index (χ0n) is 16.9. The molecule has 2 aliphatic rings. The second-order valence-corrected chi connectivity index (χ2v) is 7.54. The van der Waals surface area contributed by atoms with Gasteiger partial charge < -0.3 is 20.3 Å². The second kappa shape index (κ2) is 10.7. The van der Waals surface area contributed by atoms with E-state index in [1.165, 1.54) is 12.1 Å². The fourth-order valence-corrected chi connectivity index (χ4v) is 3.76. The molecule has 1 atom stereocenters. The third kappa shape index (κ3) is 6.22. The van der Waals surface area contributed by atoms with Gasteiger partial charge in [-0.3, -0.25) is 9.79 Å². The van der Waals surface area contributed by atoms with E-state index < -0.39 is 17.6 Å². The third-order valence-electron chi connectivity index (χ3n) is 5.39. The monoisotopic (exact) mass is 540 g/mol. The highest BCUT2D eigenvalue weighted by Crippen LogP contribution is 2.38. The number of halogens is 4. The molecule has 0 aliphatic carbocycles. The normalized spacial score (nSPS) is 21.6. The van der Waals surface area contributed by atoms with Gasteiger partial charge in [-0.25, -0.2) is 0 Å². The highest BCUT2D eigenvalue weighted by atomic mass is 127. The topological polar surface area (TPSA) is 66.0 Å². The first-order valence-corrected chi connectivity index (χ1v) is 9.89. The molecule has 1 aromatic carbocycles. The first-order chi connectivity index (χ1) is 13.8. The maximum atomic E-state index is 12.6. The molecule has 0 bridgehead atoms. The van der Waals surface area contributed by atoms with E-state index in [9.17, 15) is 18.0 Å². The van der Waals surface area contributed by atoms with Crippen molar-refractivity contribution in [1.82, 2.24) is 15.5 Å². The standard InChI is InChI=1S/C20H27F3N4O2.HI/c1-2-24-18(27-11-7-19(13-27)8-12-29-14-19)26-10-9-25-17(28)15-3-5-16(6-4-15)20(21,22)23;/h3-6H,2,7-14H2,1H3,(H,24,26)(H,25,28);1H. The summed E-state index contributed by atoms with van der Waals surface area (Å²) in [5.41, 5.74) is -0.353. The molecule has 2 saturated heterocycles. The average Bonchev–Trinajstić information content (AvgIpc) is 3.33. The van der Waals surface area contributed by atoms with Gasteiger partial charge in [0.25, 0.3) is 5.91 Å². The van der Waals surface area contributed by atoms with Crippen molar-refractivity contribution in [2.45, 2.75) is 25.9 Å². The number of aliphatic imine (C=N–C) groups is 1. The van der Waals surface area contributed by atoms with Crippen LogP contribution >= 0.6 is 24.0 Å². The Morgan fingerprint density at radius 1 is 1.23 bits per heavy atom. The third-order valence-corrected chi connectivity index (χ3v) is 5.39. The Labute approximate surface area is 191 Å². The van der Waals surface area contributed by atoms with Gasteiger partial charge in [-0.1, -0.05) is 0 Å². The molecule has 1 amide bonds. The summed E-state index contributed by atoms with van der Waals surface area (Å²) in [6, 6.07) is 4.18. The molecule has 1 unspecified atom stereocenters. The number of hydrogen-bond acceptors (Lipinski definition) is 3. The van der Waals surface area contributed by atoms with Crippen LogP contribution in [-0.2, 0) is 10.9 Å². The van der Waals surface area contributed by atoms with E-state index in [4.69, 9.17) is 4.74 Å². The Balaban J connectivity index is 0.00000320. The van der Waals surface area contributed by atoms with Crippen LogP contribution in [0.1, 0.15) is 35.7 Å². The number of carbonyl (C=O) groups excluding carboxylic acids is 1. The number of nitrogens with zero attached hydrogens (tertiary/aromatic N) is 2. The second-order valence-electron chi connectivity index (χ2n) is 7.54. The van der Waals surface area contributed by atoms with Crippen LogP contribution in [-0.4, -0.2) is 62.7 Å². The van der Waals surface area contributed by atoms with E-state index in [0.29, 0.717) is 13.1 Å². The molecule has 2 heterocycles. The minimum Gasteiger partial charge on any atom is -0.381 e. The Bertz CT molecular complexity index is 735. The highest BCUT2D eigenvalue weighted by Gasteiger charge is 2.42. The number of guanidine groups is 1. The zero-order chi connectivity index (χ0) is 20.9. The maximum Gasteiger partial charge on any atom is 0.416 e. The van der Waals surface area contributed by atoms with Crippen LogP contribution in [0.3, 0.4) is 0 Å². The predicted molar refractivity (Wildman–Crippen MR) is 119 cm³/mol. The Hall–Kier alpha value is -1.56. The van der Waals surface area contributed by atoms with Crippen molar-refractivity contribution in [3.05, 3.63) is 35.4 Å². The van der Waals surface area contributed by atoms with Gasteiger partial charge in [-0.2, -0.15) is 13.2 Å². The molecule has 3 rings (SSSR count). The molecule has 1 aromatic rings. The smallest absolute Gasteiger partial charge is 0.381 e. The van der Waals surface area contributed by atoms with Crippen LogP contribution in [0.2, 0.25) is 0 Å². The first-order valence-electron chi connectivity index (χ1n) is 9.89. The van der Waals surface area contributed by atoms with E-state index in [2.05, 4.69) is 20.5 Å². The fraction of sp³-hybridized carbons (Fsp3) is 0.600. The minimum atomic E-state index is -4.41. The van der Waals surface area contributed by atoms with Gasteiger partial charge in [-0.05, 0) is 44.0 Å². The number of likely N-dealkylation sites (tertiary alicyclic amines) is 1. The number of carbonyl (C=O) groups is 1. The van der Waals surface area contributed by atoms with E-state index in [0.717, 1.165) is 63.8 Å². The minimum absolute atomic E-state index is 0. The van der Waals surface area contributed by atoms with Crippen LogP contribution in [0.15, 0.2) is 29.3 Å². The van der Waals surface area contributed by atoms with Crippen molar-refractivity contribution in [2.75, 3.05) is 45.9 Å². The summed E-state index contributed by atoms with van der Waals surface area (Å²) >= 11 is 0. The van der Waals surface area contributed by atoms with Crippen molar-refractivity contribution in [3.8, 4) is 0 Å². The quantitative estimate of drug-likeness (QED) is 0.261. The number of alkyl halides is 3. The molecule has 0 aromatic heterocycles. The Morgan fingerprint density at radius 2 is 1.97 bits per heavy atom. The molecule has 10 heteroatoms. The van der Waals surface area contributed by atoms with Crippen molar-refractivity contribution in [3.63, 3.8) is 0 Å². The average molecular weight is 540 g/mol. The largest absolute Gasteiger partial charge is 0.416 e. The lowest BCUT2D eigenvalue weighted by molar-refractivity contribution is -0.137. The predicted octanol–water partition coefficient (Wildman–Crippen LogP) is 3.13. The molecule has 0 saturated carbocycles. The van der Waals surface area contributed by atoms with E-state index in [1.54, 1.807) is 0 Å².